The van der Waals surface area contributed by atoms with Crippen LogP contribution in [0.1, 0.15) is 43.1 Å². The second-order valence-electron chi connectivity index (χ2n) is 8.53. The van der Waals surface area contributed by atoms with E-state index in [4.69, 9.17) is 9.47 Å². The highest BCUT2D eigenvalue weighted by Gasteiger charge is 2.63. The molecule has 1 saturated carbocycles. The summed E-state index contributed by atoms with van der Waals surface area (Å²) in [4.78, 5) is 19.3. The molecule has 0 N–H and O–H groups in total. The van der Waals surface area contributed by atoms with Gasteiger partial charge in [-0.1, -0.05) is 0 Å². The molecule has 3 fully saturated rings. The first-order chi connectivity index (χ1) is 14.9. The highest BCUT2D eigenvalue weighted by Crippen LogP contribution is 2.52. The molecule has 3 aromatic rings. The topological polar surface area (TPSA) is 69.0 Å². The number of hydrogen-bond donors (Lipinski definition) is 0. The highest BCUT2D eigenvalue weighted by molar-refractivity contribution is 5.89. The molecule has 1 aromatic carbocycles. The van der Waals surface area contributed by atoms with Crippen molar-refractivity contribution in [2.24, 2.45) is 0 Å². The molecule has 6 rings (SSSR count). The van der Waals surface area contributed by atoms with Crippen molar-refractivity contribution in [3.05, 3.63) is 59.6 Å². The van der Waals surface area contributed by atoms with Crippen LogP contribution in [0.5, 0.6) is 5.88 Å². The number of fused-ring (bicyclic) bond motifs is 2. The number of ether oxygens (including phenoxy) is 2. The van der Waals surface area contributed by atoms with Gasteiger partial charge in [0.25, 0.3) is 5.91 Å². The van der Waals surface area contributed by atoms with Crippen molar-refractivity contribution >= 4 is 11.4 Å². The van der Waals surface area contributed by atoms with E-state index in [2.05, 4.69) is 10.1 Å². The summed E-state index contributed by atoms with van der Waals surface area (Å²) < 4.78 is 41.4. The van der Waals surface area contributed by atoms with Crippen molar-refractivity contribution in [3.8, 4) is 5.88 Å². The molecule has 2 saturated heterocycles. The lowest BCUT2D eigenvalue weighted by molar-refractivity contribution is -0.162. The van der Waals surface area contributed by atoms with Gasteiger partial charge in [-0.25, -0.2) is 13.3 Å². The predicted octanol–water partition coefficient (Wildman–Crippen LogP) is 3.32. The van der Waals surface area contributed by atoms with Crippen LogP contribution in [0.3, 0.4) is 0 Å². The first kappa shape index (κ1) is 18.7. The lowest BCUT2D eigenvalue weighted by Crippen LogP contribution is -2.56. The maximum absolute atomic E-state index is 13.7. The van der Waals surface area contributed by atoms with Crippen molar-refractivity contribution in [1.29, 1.82) is 0 Å². The fraction of sp³-hybridized carbons (Fsp3) is 0.409. The second kappa shape index (κ2) is 6.46. The maximum Gasteiger partial charge on any atom is 0.257 e. The van der Waals surface area contributed by atoms with Gasteiger partial charge < -0.3 is 14.4 Å². The SMILES string of the molecule is Cc1nc(OC2CC3(C2)O[C@@H]2CC[C@@H](c4cc(F)cc(F)c4)N2C3=O)c2cccn2n1. The number of amides is 1. The molecule has 0 unspecified atom stereocenters. The van der Waals surface area contributed by atoms with Crippen LogP contribution in [-0.2, 0) is 9.53 Å². The largest absolute Gasteiger partial charge is 0.473 e. The molecule has 1 aliphatic carbocycles. The van der Waals surface area contributed by atoms with Crippen molar-refractivity contribution < 1.29 is 23.0 Å². The number of nitrogens with zero attached hydrogens (tertiary/aromatic N) is 4. The fourth-order valence-corrected chi connectivity index (χ4v) is 5.09. The molecule has 1 spiro atoms. The Hall–Kier alpha value is -3.07. The highest BCUT2D eigenvalue weighted by atomic mass is 19.1. The average Bonchev–Trinajstić information content (AvgIpc) is 3.36. The van der Waals surface area contributed by atoms with E-state index in [0.29, 0.717) is 43.0 Å². The summed E-state index contributed by atoms with van der Waals surface area (Å²) in [6.07, 6.45) is 3.33. The van der Waals surface area contributed by atoms with E-state index in [1.807, 2.05) is 18.3 Å². The molecule has 1 amide bonds. The monoisotopic (exact) mass is 426 g/mol. The summed E-state index contributed by atoms with van der Waals surface area (Å²) in [5, 5.41) is 4.31. The number of rotatable bonds is 3. The molecule has 2 aromatic heterocycles. The fourth-order valence-electron chi connectivity index (χ4n) is 5.09. The quantitative estimate of drug-likeness (QED) is 0.643. The lowest BCUT2D eigenvalue weighted by atomic mass is 9.76. The number of carbonyl (C=O) groups is 1. The van der Waals surface area contributed by atoms with Gasteiger partial charge in [0.2, 0.25) is 5.88 Å². The van der Waals surface area contributed by atoms with Crippen LogP contribution in [0, 0.1) is 18.6 Å². The third-order valence-electron chi connectivity index (χ3n) is 6.44. The Morgan fingerprint density at radius 2 is 1.97 bits per heavy atom. The number of halogens is 2. The molecule has 9 heteroatoms. The zero-order chi connectivity index (χ0) is 21.3. The van der Waals surface area contributed by atoms with Gasteiger partial charge in [-0.15, -0.1) is 0 Å². The molecule has 160 valence electrons. The van der Waals surface area contributed by atoms with Crippen LogP contribution in [0.15, 0.2) is 36.5 Å². The molecule has 7 nitrogen and oxygen atoms in total. The summed E-state index contributed by atoms with van der Waals surface area (Å²) in [7, 11) is 0. The van der Waals surface area contributed by atoms with Crippen LogP contribution < -0.4 is 4.74 Å². The van der Waals surface area contributed by atoms with Crippen molar-refractivity contribution in [2.45, 2.75) is 56.6 Å². The number of benzene rings is 1. The van der Waals surface area contributed by atoms with Gasteiger partial charge in [0.05, 0.1) is 6.04 Å². The van der Waals surface area contributed by atoms with E-state index >= 15 is 0 Å². The maximum atomic E-state index is 13.7. The molecule has 0 bridgehead atoms. The minimum Gasteiger partial charge on any atom is -0.473 e. The second-order valence-corrected chi connectivity index (χ2v) is 8.53. The standard InChI is InChI=1S/C22H20F2N4O3/c1-12-25-20(18-3-2-6-27(18)26-12)30-16-10-22(11-16)21(29)28-17(4-5-19(28)31-22)13-7-14(23)9-15(24)8-13/h2-3,6-9,16-17,19H,4-5,10-11H2,1H3/t16?,17-,19+,22?/m0/s1. The van der Waals surface area contributed by atoms with E-state index in [1.165, 1.54) is 12.1 Å². The molecule has 0 radical (unpaired) electrons. The van der Waals surface area contributed by atoms with Gasteiger partial charge in [-0.3, -0.25) is 4.79 Å². The zero-order valence-corrected chi connectivity index (χ0v) is 16.8. The van der Waals surface area contributed by atoms with E-state index in [0.717, 1.165) is 11.6 Å². The molecule has 2 atom stereocenters. The molecule has 31 heavy (non-hydrogen) atoms. The third-order valence-corrected chi connectivity index (χ3v) is 6.44. The van der Waals surface area contributed by atoms with Gasteiger partial charge >= 0.3 is 0 Å². The summed E-state index contributed by atoms with van der Waals surface area (Å²) >= 11 is 0. The Morgan fingerprint density at radius 3 is 2.74 bits per heavy atom. The minimum absolute atomic E-state index is 0.128. The Kier molecular flexibility index (Phi) is 3.89. The Labute approximate surface area is 176 Å². The zero-order valence-electron chi connectivity index (χ0n) is 16.8. The number of aryl methyl sites for hydroxylation is 1. The van der Waals surface area contributed by atoms with Crippen LogP contribution >= 0.6 is 0 Å². The van der Waals surface area contributed by atoms with Gasteiger partial charge in [-0.05, 0) is 49.6 Å². The molecule has 3 aliphatic rings. The molecular weight excluding hydrogens is 406 g/mol. The first-order valence-corrected chi connectivity index (χ1v) is 10.4. The third kappa shape index (κ3) is 2.83. The van der Waals surface area contributed by atoms with Gasteiger partial charge in [0, 0.05) is 25.1 Å². The Morgan fingerprint density at radius 1 is 1.19 bits per heavy atom. The number of aromatic nitrogens is 3. The smallest absolute Gasteiger partial charge is 0.257 e. The van der Waals surface area contributed by atoms with Crippen LogP contribution in [0.4, 0.5) is 8.78 Å². The van der Waals surface area contributed by atoms with E-state index < -0.39 is 17.2 Å². The normalized spacial score (nSPS) is 29.6. The van der Waals surface area contributed by atoms with Crippen LogP contribution in [-0.4, -0.2) is 43.3 Å². The lowest BCUT2D eigenvalue weighted by Gasteiger charge is -2.42. The average molecular weight is 426 g/mol. The molecule has 2 aliphatic heterocycles. The van der Waals surface area contributed by atoms with Crippen molar-refractivity contribution in [2.75, 3.05) is 0 Å². The van der Waals surface area contributed by atoms with Gasteiger partial charge in [0.1, 0.15) is 35.3 Å². The molecule has 4 heterocycles. The number of carbonyl (C=O) groups excluding carboxylic acids is 1. The Balaban J connectivity index is 1.20. The minimum atomic E-state index is -0.930. The predicted molar refractivity (Wildman–Crippen MR) is 104 cm³/mol. The van der Waals surface area contributed by atoms with E-state index in [1.54, 1.807) is 16.3 Å². The van der Waals surface area contributed by atoms with Gasteiger partial charge in [-0.2, -0.15) is 10.1 Å². The van der Waals surface area contributed by atoms with Crippen LogP contribution in [0.25, 0.3) is 5.52 Å². The van der Waals surface area contributed by atoms with Crippen molar-refractivity contribution in [1.82, 2.24) is 19.5 Å². The summed E-state index contributed by atoms with van der Waals surface area (Å²) in [5.74, 6) is -0.344. The molecular formula is C22H20F2N4O3. The summed E-state index contributed by atoms with van der Waals surface area (Å²) in [5.41, 5.74) is 0.299. The van der Waals surface area contributed by atoms with E-state index in [-0.39, 0.29) is 24.3 Å². The van der Waals surface area contributed by atoms with Crippen LogP contribution in [0.2, 0.25) is 0 Å². The first-order valence-electron chi connectivity index (χ1n) is 10.4. The van der Waals surface area contributed by atoms with Gasteiger partial charge in [0.15, 0.2) is 5.60 Å². The summed E-state index contributed by atoms with van der Waals surface area (Å²) in [6, 6.07) is 6.78. The summed E-state index contributed by atoms with van der Waals surface area (Å²) in [6.45, 7) is 1.79. The number of hydrogen-bond acceptors (Lipinski definition) is 5. The Bertz CT molecular complexity index is 1190. The van der Waals surface area contributed by atoms with Crippen molar-refractivity contribution in [3.63, 3.8) is 0 Å². The van der Waals surface area contributed by atoms with E-state index in [9.17, 15) is 13.6 Å².